The molecule has 2 heterocycles. The van der Waals surface area contributed by atoms with Crippen molar-refractivity contribution >= 4 is 17.1 Å². The van der Waals surface area contributed by atoms with Crippen LogP contribution in [-0.4, -0.2) is 39.5 Å². The number of ether oxygens (including phenoxy) is 1. The number of hydrogen-bond acceptors (Lipinski definition) is 4. The van der Waals surface area contributed by atoms with Gasteiger partial charge in [-0.1, -0.05) is 24.3 Å². The third kappa shape index (κ3) is 4.94. The Morgan fingerprint density at radius 1 is 1.06 bits per heavy atom. The van der Waals surface area contributed by atoms with Crippen LogP contribution in [0.3, 0.4) is 0 Å². The molecule has 4 rings (SSSR count). The van der Waals surface area contributed by atoms with Crippen LogP contribution in [0.1, 0.15) is 23.4 Å². The zero-order chi connectivity index (χ0) is 22.5. The lowest BCUT2D eigenvalue weighted by molar-refractivity contribution is -0.130. The minimum absolute atomic E-state index is 0.00494. The maximum Gasteiger partial charge on any atom is 0.223 e. The Labute approximate surface area is 186 Å². The zero-order valence-electron chi connectivity index (χ0n) is 18.2. The van der Waals surface area contributed by atoms with Gasteiger partial charge in [-0.3, -0.25) is 4.79 Å². The topological polar surface area (TPSA) is 60.2 Å². The minimum Gasteiger partial charge on any atom is -0.497 e. The summed E-state index contributed by atoms with van der Waals surface area (Å²) in [5.41, 5.74) is 3.59. The summed E-state index contributed by atoms with van der Waals surface area (Å²) in [6.45, 7) is 1.04. The smallest absolute Gasteiger partial charge is 0.223 e. The maximum absolute atomic E-state index is 13.1. The normalized spacial score (nSPS) is 11.0. The fraction of sp³-hybridized carbons (Fsp3) is 0.240. The van der Waals surface area contributed by atoms with Gasteiger partial charge in [0.05, 0.1) is 13.7 Å². The second kappa shape index (κ2) is 9.60. The first-order valence-corrected chi connectivity index (χ1v) is 10.4. The summed E-state index contributed by atoms with van der Waals surface area (Å²) < 4.78 is 20.4. The fourth-order valence-electron chi connectivity index (χ4n) is 3.64. The Morgan fingerprint density at radius 2 is 1.78 bits per heavy atom. The molecule has 0 fully saturated rings. The molecule has 2 aromatic heterocycles. The van der Waals surface area contributed by atoms with Gasteiger partial charge < -0.3 is 14.2 Å². The third-order valence-electron chi connectivity index (χ3n) is 5.40. The average Bonchev–Trinajstić information content (AvgIpc) is 3.16. The van der Waals surface area contributed by atoms with Crippen LogP contribution in [0.15, 0.2) is 66.9 Å². The van der Waals surface area contributed by atoms with Crippen molar-refractivity contribution in [3.8, 4) is 5.75 Å². The summed E-state index contributed by atoms with van der Waals surface area (Å²) in [7, 11) is 3.40. The van der Waals surface area contributed by atoms with E-state index in [9.17, 15) is 9.18 Å². The number of pyridine rings is 1. The lowest BCUT2D eigenvalue weighted by atomic mass is 10.2. The molecule has 0 saturated heterocycles. The van der Waals surface area contributed by atoms with E-state index in [1.165, 1.54) is 12.1 Å². The number of nitrogens with zero attached hydrogens (tertiary/aromatic N) is 4. The second-order valence-corrected chi connectivity index (χ2v) is 7.68. The lowest BCUT2D eigenvalue weighted by Crippen LogP contribution is -2.26. The molecule has 32 heavy (non-hydrogen) atoms. The van der Waals surface area contributed by atoms with E-state index < -0.39 is 0 Å². The SMILES string of the molecule is COc1ccc(Cn2c(CCC(=O)N(C)Cc3ccc(F)cc3)nc3cccnc32)cc1. The summed E-state index contributed by atoms with van der Waals surface area (Å²) in [6, 6.07) is 17.9. The number of carbonyl (C=O) groups is 1. The summed E-state index contributed by atoms with van der Waals surface area (Å²) in [6.07, 6.45) is 2.57. The van der Waals surface area contributed by atoms with E-state index in [0.29, 0.717) is 25.9 Å². The molecule has 7 heteroatoms. The highest BCUT2D eigenvalue weighted by Crippen LogP contribution is 2.19. The molecule has 0 N–H and O–H groups in total. The van der Waals surface area contributed by atoms with Gasteiger partial charge in [-0.2, -0.15) is 0 Å². The molecule has 4 aromatic rings. The van der Waals surface area contributed by atoms with Gasteiger partial charge in [-0.15, -0.1) is 0 Å². The molecular weight excluding hydrogens is 407 g/mol. The zero-order valence-corrected chi connectivity index (χ0v) is 18.2. The van der Waals surface area contributed by atoms with Crippen LogP contribution in [0.2, 0.25) is 0 Å². The van der Waals surface area contributed by atoms with Crippen molar-refractivity contribution in [2.24, 2.45) is 0 Å². The highest BCUT2D eigenvalue weighted by Gasteiger charge is 2.16. The molecular formula is C25H25FN4O2. The van der Waals surface area contributed by atoms with Gasteiger partial charge in [-0.25, -0.2) is 14.4 Å². The van der Waals surface area contributed by atoms with Gasteiger partial charge in [0, 0.05) is 32.6 Å². The number of aryl methyl sites for hydroxylation is 1. The number of aromatic nitrogens is 3. The van der Waals surface area contributed by atoms with Gasteiger partial charge in [0.1, 0.15) is 22.9 Å². The summed E-state index contributed by atoms with van der Waals surface area (Å²) in [4.78, 5) is 23.6. The van der Waals surface area contributed by atoms with E-state index in [1.54, 1.807) is 37.4 Å². The number of carbonyl (C=O) groups excluding carboxylic acids is 1. The molecule has 164 valence electrons. The second-order valence-electron chi connectivity index (χ2n) is 7.68. The quantitative estimate of drug-likeness (QED) is 0.418. The van der Waals surface area contributed by atoms with Crippen LogP contribution < -0.4 is 4.74 Å². The lowest BCUT2D eigenvalue weighted by Gasteiger charge is -2.17. The van der Waals surface area contributed by atoms with E-state index in [1.807, 2.05) is 36.4 Å². The highest BCUT2D eigenvalue weighted by molar-refractivity contribution is 5.76. The van der Waals surface area contributed by atoms with Crippen molar-refractivity contribution in [1.29, 1.82) is 0 Å². The van der Waals surface area contributed by atoms with Crippen molar-refractivity contribution in [3.63, 3.8) is 0 Å². The Bertz CT molecular complexity index is 1200. The Hall–Kier alpha value is -3.74. The van der Waals surface area contributed by atoms with E-state index in [-0.39, 0.29) is 11.7 Å². The van der Waals surface area contributed by atoms with Crippen molar-refractivity contribution in [1.82, 2.24) is 19.4 Å². The standard InChI is InChI=1S/C25H25FN4O2/c1-29(16-18-5-9-20(26)10-6-18)24(31)14-13-23-28-22-4-3-15-27-25(22)30(23)17-19-7-11-21(32-2)12-8-19/h3-12,15H,13-14,16-17H2,1-2H3. The molecule has 6 nitrogen and oxygen atoms in total. The van der Waals surface area contributed by atoms with Crippen molar-refractivity contribution in [2.75, 3.05) is 14.2 Å². The fourth-order valence-corrected chi connectivity index (χ4v) is 3.64. The van der Waals surface area contributed by atoms with Crippen LogP contribution in [0.5, 0.6) is 5.75 Å². The molecule has 0 saturated carbocycles. The first-order valence-electron chi connectivity index (χ1n) is 10.4. The molecule has 0 aliphatic heterocycles. The summed E-state index contributed by atoms with van der Waals surface area (Å²) in [5.74, 6) is 1.34. The van der Waals surface area contributed by atoms with Crippen molar-refractivity contribution in [3.05, 3.63) is 89.6 Å². The molecule has 2 aromatic carbocycles. The van der Waals surface area contributed by atoms with Gasteiger partial charge in [0.15, 0.2) is 5.65 Å². The molecule has 1 amide bonds. The number of rotatable bonds is 8. The average molecular weight is 432 g/mol. The molecule has 0 spiro atoms. The Morgan fingerprint density at radius 3 is 2.50 bits per heavy atom. The predicted octanol–water partition coefficient (Wildman–Crippen LogP) is 4.22. The minimum atomic E-state index is -0.285. The Kier molecular flexibility index (Phi) is 6.44. The van der Waals surface area contributed by atoms with E-state index in [2.05, 4.69) is 9.55 Å². The largest absolute Gasteiger partial charge is 0.497 e. The molecule has 0 unspecified atom stereocenters. The molecule has 0 radical (unpaired) electrons. The maximum atomic E-state index is 13.1. The molecule has 0 aliphatic rings. The summed E-state index contributed by atoms with van der Waals surface area (Å²) >= 11 is 0. The first-order chi connectivity index (χ1) is 15.5. The van der Waals surface area contributed by atoms with Gasteiger partial charge in [0.25, 0.3) is 0 Å². The molecule has 0 atom stereocenters. The number of benzene rings is 2. The number of methoxy groups -OCH3 is 1. The van der Waals surface area contributed by atoms with Crippen molar-refractivity contribution in [2.45, 2.75) is 25.9 Å². The predicted molar refractivity (Wildman–Crippen MR) is 121 cm³/mol. The van der Waals surface area contributed by atoms with E-state index >= 15 is 0 Å². The van der Waals surface area contributed by atoms with Gasteiger partial charge in [-0.05, 0) is 47.5 Å². The number of amides is 1. The number of halogens is 1. The number of fused-ring (bicyclic) bond motifs is 1. The summed E-state index contributed by atoms with van der Waals surface area (Å²) in [5, 5.41) is 0. The highest BCUT2D eigenvalue weighted by atomic mass is 19.1. The van der Waals surface area contributed by atoms with E-state index in [0.717, 1.165) is 33.9 Å². The van der Waals surface area contributed by atoms with Crippen LogP contribution in [0.25, 0.3) is 11.2 Å². The third-order valence-corrected chi connectivity index (χ3v) is 5.40. The van der Waals surface area contributed by atoms with Crippen LogP contribution >= 0.6 is 0 Å². The molecule has 0 aliphatic carbocycles. The van der Waals surface area contributed by atoms with Gasteiger partial charge >= 0.3 is 0 Å². The van der Waals surface area contributed by atoms with E-state index in [4.69, 9.17) is 9.72 Å². The van der Waals surface area contributed by atoms with Gasteiger partial charge in [0.2, 0.25) is 5.91 Å². The Balaban J connectivity index is 1.48. The molecule has 0 bridgehead atoms. The number of imidazole rings is 1. The monoisotopic (exact) mass is 432 g/mol. The van der Waals surface area contributed by atoms with Crippen molar-refractivity contribution < 1.29 is 13.9 Å². The van der Waals surface area contributed by atoms with Crippen LogP contribution in [-0.2, 0) is 24.3 Å². The van der Waals surface area contributed by atoms with Crippen LogP contribution in [0.4, 0.5) is 4.39 Å². The van der Waals surface area contributed by atoms with Crippen LogP contribution in [0, 0.1) is 5.82 Å². The number of hydrogen-bond donors (Lipinski definition) is 0. The first kappa shape index (κ1) is 21.5.